The molecule has 3 amide bonds. The molecular formula is C17H23FN4O3. The van der Waals surface area contributed by atoms with Crippen LogP contribution in [0.2, 0.25) is 0 Å². The topological polar surface area (TPSA) is 65.1 Å². The Hall–Kier alpha value is -2.19. The Kier molecular flexibility index (Phi) is 5.83. The Labute approximate surface area is 146 Å². The Bertz CT molecular complexity index is 614. The molecule has 0 bridgehead atoms. The van der Waals surface area contributed by atoms with Crippen LogP contribution in [0.3, 0.4) is 0 Å². The van der Waals surface area contributed by atoms with Crippen LogP contribution in [0.25, 0.3) is 0 Å². The molecule has 7 nitrogen and oxygen atoms in total. The molecule has 2 fully saturated rings. The molecule has 0 aliphatic carbocycles. The van der Waals surface area contributed by atoms with Crippen molar-refractivity contribution in [1.82, 2.24) is 14.7 Å². The predicted molar refractivity (Wildman–Crippen MR) is 90.8 cm³/mol. The maximum atomic E-state index is 13.1. The number of nitrogens with one attached hydrogen (secondary N) is 1. The molecule has 1 aromatic rings. The zero-order chi connectivity index (χ0) is 17.6. The number of rotatable bonds is 3. The summed E-state index contributed by atoms with van der Waals surface area (Å²) in [7, 11) is 0. The molecular weight excluding hydrogens is 327 g/mol. The highest BCUT2D eigenvalue weighted by molar-refractivity contribution is 5.92. The van der Waals surface area contributed by atoms with Gasteiger partial charge in [-0.25, -0.2) is 9.18 Å². The van der Waals surface area contributed by atoms with Crippen molar-refractivity contribution in [1.29, 1.82) is 0 Å². The lowest BCUT2D eigenvalue weighted by atomic mass is 10.3. The predicted octanol–water partition coefficient (Wildman–Crippen LogP) is 0.834. The smallest absolute Gasteiger partial charge is 0.320 e. The lowest BCUT2D eigenvalue weighted by Gasteiger charge is -2.38. The van der Waals surface area contributed by atoms with Crippen molar-refractivity contribution < 1.29 is 18.7 Å². The second-order valence-corrected chi connectivity index (χ2v) is 6.20. The average molecular weight is 350 g/mol. The zero-order valence-electron chi connectivity index (χ0n) is 14.1. The summed E-state index contributed by atoms with van der Waals surface area (Å²) in [5.41, 5.74) is 0.450. The molecule has 8 heteroatoms. The summed E-state index contributed by atoms with van der Waals surface area (Å²) in [4.78, 5) is 30.1. The highest BCUT2D eigenvalue weighted by Crippen LogP contribution is 2.10. The van der Waals surface area contributed by atoms with Gasteiger partial charge in [0.25, 0.3) is 0 Å². The fraction of sp³-hybridized carbons (Fsp3) is 0.529. The van der Waals surface area contributed by atoms with Gasteiger partial charge >= 0.3 is 6.03 Å². The number of urea groups is 1. The van der Waals surface area contributed by atoms with E-state index in [2.05, 4.69) is 5.32 Å². The minimum absolute atomic E-state index is 0.0483. The Morgan fingerprint density at radius 1 is 1.04 bits per heavy atom. The van der Waals surface area contributed by atoms with E-state index in [0.717, 1.165) is 0 Å². The van der Waals surface area contributed by atoms with E-state index in [0.29, 0.717) is 58.2 Å². The van der Waals surface area contributed by atoms with Crippen LogP contribution in [0, 0.1) is 5.82 Å². The standard InChI is InChI=1S/C17H23FN4O3/c18-14-2-1-3-15(12-14)19-16(23)13-20-4-6-21(7-5-20)17(24)22-8-10-25-11-9-22/h1-3,12H,4-11,13H2,(H,19,23). The molecule has 0 aromatic heterocycles. The first kappa shape index (κ1) is 17.6. The Balaban J connectivity index is 1.42. The number of nitrogens with zero attached hydrogens (tertiary/aromatic N) is 3. The van der Waals surface area contributed by atoms with Gasteiger partial charge in [0, 0.05) is 45.0 Å². The Morgan fingerprint density at radius 2 is 1.72 bits per heavy atom. The summed E-state index contributed by atoms with van der Waals surface area (Å²) < 4.78 is 18.4. The summed E-state index contributed by atoms with van der Waals surface area (Å²) in [5, 5.41) is 2.69. The van der Waals surface area contributed by atoms with Crippen LogP contribution in [-0.4, -0.2) is 85.7 Å². The van der Waals surface area contributed by atoms with Crippen molar-refractivity contribution in [2.75, 3.05) is 64.3 Å². The number of hydrogen-bond donors (Lipinski definition) is 1. The zero-order valence-corrected chi connectivity index (χ0v) is 14.1. The maximum Gasteiger partial charge on any atom is 0.320 e. The van der Waals surface area contributed by atoms with Crippen LogP contribution in [-0.2, 0) is 9.53 Å². The minimum Gasteiger partial charge on any atom is -0.378 e. The molecule has 3 rings (SSSR count). The third-order valence-electron chi connectivity index (χ3n) is 4.40. The lowest BCUT2D eigenvalue weighted by molar-refractivity contribution is -0.117. The molecule has 2 heterocycles. The van der Waals surface area contributed by atoms with Gasteiger partial charge in [-0.1, -0.05) is 6.07 Å². The van der Waals surface area contributed by atoms with Crippen molar-refractivity contribution in [3.63, 3.8) is 0 Å². The van der Waals surface area contributed by atoms with Crippen LogP contribution in [0.4, 0.5) is 14.9 Å². The SMILES string of the molecule is O=C(CN1CCN(C(=O)N2CCOCC2)CC1)Nc1cccc(F)c1. The number of morpholine rings is 1. The number of carbonyl (C=O) groups excluding carboxylic acids is 2. The van der Waals surface area contributed by atoms with E-state index in [4.69, 9.17) is 4.74 Å². The Morgan fingerprint density at radius 3 is 2.40 bits per heavy atom. The maximum absolute atomic E-state index is 13.1. The third kappa shape index (κ3) is 4.90. The van der Waals surface area contributed by atoms with Crippen LogP contribution in [0.5, 0.6) is 0 Å². The van der Waals surface area contributed by atoms with E-state index in [1.807, 2.05) is 14.7 Å². The first-order chi connectivity index (χ1) is 12.1. The van der Waals surface area contributed by atoms with Crippen LogP contribution >= 0.6 is 0 Å². The highest BCUT2D eigenvalue weighted by atomic mass is 19.1. The van der Waals surface area contributed by atoms with Crippen molar-refractivity contribution in [2.24, 2.45) is 0 Å². The van der Waals surface area contributed by atoms with Crippen LogP contribution in [0.15, 0.2) is 24.3 Å². The summed E-state index contributed by atoms with van der Waals surface area (Å²) in [6.45, 7) is 5.17. The highest BCUT2D eigenvalue weighted by Gasteiger charge is 2.26. The third-order valence-corrected chi connectivity index (χ3v) is 4.40. The minimum atomic E-state index is -0.381. The van der Waals surface area contributed by atoms with Crippen molar-refractivity contribution >= 4 is 17.6 Å². The van der Waals surface area contributed by atoms with Crippen molar-refractivity contribution in [3.05, 3.63) is 30.1 Å². The number of hydrogen-bond acceptors (Lipinski definition) is 4. The van der Waals surface area contributed by atoms with Gasteiger partial charge in [0.15, 0.2) is 0 Å². The number of amides is 3. The van der Waals surface area contributed by atoms with Crippen molar-refractivity contribution in [3.8, 4) is 0 Å². The molecule has 0 unspecified atom stereocenters. The van der Waals surface area contributed by atoms with Gasteiger partial charge in [-0.15, -0.1) is 0 Å². The summed E-state index contributed by atoms with van der Waals surface area (Å²) in [6, 6.07) is 5.88. The molecule has 0 spiro atoms. The number of anilines is 1. The fourth-order valence-corrected chi connectivity index (χ4v) is 3.02. The number of ether oxygens (including phenoxy) is 1. The van der Waals surface area contributed by atoms with Gasteiger partial charge in [0.05, 0.1) is 19.8 Å². The molecule has 1 N–H and O–H groups in total. The van der Waals surface area contributed by atoms with E-state index in [-0.39, 0.29) is 24.3 Å². The van der Waals surface area contributed by atoms with Crippen molar-refractivity contribution in [2.45, 2.75) is 0 Å². The molecule has 0 atom stereocenters. The summed E-state index contributed by atoms with van der Waals surface area (Å²) in [5.74, 6) is -0.563. The number of carbonyl (C=O) groups is 2. The van der Waals surface area contributed by atoms with Gasteiger partial charge < -0.3 is 19.9 Å². The number of benzene rings is 1. The summed E-state index contributed by atoms with van der Waals surface area (Å²) in [6.07, 6.45) is 0. The van der Waals surface area contributed by atoms with Crippen LogP contribution < -0.4 is 5.32 Å². The van der Waals surface area contributed by atoms with E-state index in [9.17, 15) is 14.0 Å². The van der Waals surface area contributed by atoms with E-state index >= 15 is 0 Å². The second-order valence-electron chi connectivity index (χ2n) is 6.20. The molecule has 0 radical (unpaired) electrons. The van der Waals surface area contributed by atoms with Gasteiger partial charge in [0.2, 0.25) is 5.91 Å². The normalized spacial score (nSPS) is 18.9. The molecule has 2 aliphatic rings. The second kappa shape index (κ2) is 8.26. The van der Waals surface area contributed by atoms with E-state index in [1.54, 1.807) is 12.1 Å². The molecule has 1 aromatic carbocycles. The molecule has 2 aliphatic heterocycles. The average Bonchev–Trinajstić information content (AvgIpc) is 2.62. The van der Waals surface area contributed by atoms with Gasteiger partial charge in [-0.3, -0.25) is 9.69 Å². The molecule has 136 valence electrons. The summed E-state index contributed by atoms with van der Waals surface area (Å²) >= 11 is 0. The fourth-order valence-electron chi connectivity index (χ4n) is 3.02. The quantitative estimate of drug-likeness (QED) is 0.877. The van der Waals surface area contributed by atoms with E-state index in [1.165, 1.54) is 12.1 Å². The molecule has 0 saturated carbocycles. The van der Waals surface area contributed by atoms with Gasteiger partial charge in [-0.2, -0.15) is 0 Å². The van der Waals surface area contributed by atoms with Gasteiger partial charge in [-0.05, 0) is 18.2 Å². The van der Waals surface area contributed by atoms with Crippen LogP contribution in [0.1, 0.15) is 0 Å². The molecule has 25 heavy (non-hydrogen) atoms. The largest absolute Gasteiger partial charge is 0.378 e. The monoisotopic (exact) mass is 350 g/mol. The number of halogens is 1. The number of piperazine rings is 1. The first-order valence-electron chi connectivity index (χ1n) is 8.51. The van der Waals surface area contributed by atoms with E-state index < -0.39 is 0 Å². The first-order valence-corrected chi connectivity index (χ1v) is 8.51. The van der Waals surface area contributed by atoms with Gasteiger partial charge in [0.1, 0.15) is 5.82 Å². The lowest BCUT2D eigenvalue weighted by Crippen LogP contribution is -2.55. The molecule has 2 saturated heterocycles.